The van der Waals surface area contributed by atoms with E-state index < -0.39 is 11.9 Å². The van der Waals surface area contributed by atoms with Crippen molar-refractivity contribution in [1.82, 2.24) is 14.7 Å². The lowest BCUT2D eigenvalue weighted by Crippen LogP contribution is -2.40. The first-order valence-corrected chi connectivity index (χ1v) is 9.62. The van der Waals surface area contributed by atoms with E-state index >= 15 is 0 Å². The third-order valence-corrected chi connectivity index (χ3v) is 5.39. The van der Waals surface area contributed by atoms with Gasteiger partial charge in [0.05, 0.1) is 18.2 Å². The lowest BCUT2D eigenvalue weighted by molar-refractivity contribution is -0.139. The highest BCUT2D eigenvalue weighted by Crippen LogP contribution is 2.29. The molecule has 0 fully saturated rings. The standard InChI is InChI=1S/C23H23N3O3/c1-15-10-16(2)26(24-15)12-17-6-5-8-18(11-17)22(27)25-13-19-7-3-4-9-20(19)21(14-25)23(28)29/h3-11,21H,12-14H2,1-2H3,(H,28,29). The summed E-state index contributed by atoms with van der Waals surface area (Å²) in [7, 11) is 0. The van der Waals surface area contributed by atoms with Crippen molar-refractivity contribution >= 4 is 11.9 Å². The first-order chi connectivity index (χ1) is 13.9. The maximum absolute atomic E-state index is 13.2. The number of fused-ring (bicyclic) bond motifs is 1. The van der Waals surface area contributed by atoms with E-state index in [1.165, 1.54) is 0 Å². The number of nitrogens with zero attached hydrogens (tertiary/aromatic N) is 3. The van der Waals surface area contributed by atoms with Crippen molar-refractivity contribution in [3.63, 3.8) is 0 Å². The van der Waals surface area contributed by atoms with Gasteiger partial charge >= 0.3 is 5.97 Å². The van der Waals surface area contributed by atoms with Gasteiger partial charge in [-0.2, -0.15) is 5.10 Å². The van der Waals surface area contributed by atoms with Gasteiger partial charge in [0.25, 0.3) is 5.91 Å². The summed E-state index contributed by atoms with van der Waals surface area (Å²) in [5, 5.41) is 14.1. The smallest absolute Gasteiger partial charge is 0.312 e. The van der Waals surface area contributed by atoms with Crippen molar-refractivity contribution in [3.8, 4) is 0 Å². The Hall–Kier alpha value is -3.41. The molecule has 148 valence electrons. The quantitative estimate of drug-likeness (QED) is 0.742. The van der Waals surface area contributed by atoms with Crippen molar-refractivity contribution in [2.24, 2.45) is 0 Å². The van der Waals surface area contributed by atoms with Crippen molar-refractivity contribution in [1.29, 1.82) is 0 Å². The molecule has 1 atom stereocenters. The van der Waals surface area contributed by atoms with Crippen LogP contribution in [0.4, 0.5) is 0 Å². The largest absolute Gasteiger partial charge is 0.481 e. The summed E-state index contributed by atoms with van der Waals surface area (Å²) in [4.78, 5) is 26.6. The molecule has 1 aliphatic heterocycles. The summed E-state index contributed by atoms with van der Waals surface area (Å²) in [5.74, 6) is -1.77. The van der Waals surface area contributed by atoms with E-state index in [1.807, 2.05) is 67.1 Å². The molecule has 6 heteroatoms. The monoisotopic (exact) mass is 389 g/mol. The first kappa shape index (κ1) is 18.9. The van der Waals surface area contributed by atoms with Crippen LogP contribution < -0.4 is 0 Å². The van der Waals surface area contributed by atoms with Gasteiger partial charge in [0.15, 0.2) is 0 Å². The van der Waals surface area contributed by atoms with Gasteiger partial charge in [-0.1, -0.05) is 36.4 Å². The van der Waals surface area contributed by atoms with E-state index in [-0.39, 0.29) is 12.5 Å². The highest BCUT2D eigenvalue weighted by atomic mass is 16.4. The molecule has 6 nitrogen and oxygen atoms in total. The number of hydrogen-bond donors (Lipinski definition) is 1. The zero-order chi connectivity index (χ0) is 20.5. The van der Waals surface area contributed by atoms with Crippen LogP contribution in [-0.4, -0.2) is 38.2 Å². The van der Waals surface area contributed by atoms with Crippen LogP contribution in [0.5, 0.6) is 0 Å². The zero-order valence-electron chi connectivity index (χ0n) is 16.5. The van der Waals surface area contributed by atoms with Crippen LogP contribution >= 0.6 is 0 Å². The number of aromatic nitrogens is 2. The van der Waals surface area contributed by atoms with Crippen molar-refractivity contribution in [2.45, 2.75) is 32.9 Å². The zero-order valence-corrected chi connectivity index (χ0v) is 16.5. The average Bonchev–Trinajstić information content (AvgIpc) is 3.03. The molecule has 0 spiro atoms. The number of aliphatic carboxylic acids is 1. The van der Waals surface area contributed by atoms with E-state index in [2.05, 4.69) is 5.10 Å². The SMILES string of the molecule is Cc1cc(C)n(Cc2cccc(C(=O)N3Cc4ccccc4C(C(=O)O)C3)c2)n1. The molecule has 0 saturated heterocycles. The predicted molar refractivity (Wildman–Crippen MR) is 109 cm³/mol. The predicted octanol–water partition coefficient (Wildman–Crippen LogP) is 3.37. The van der Waals surface area contributed by atoms with Crippen LogP contribution in [0.2, 0.25) is 0 Å². The van der Waals surface area contributed by atoms with Crippen LogP contribution in [0.25, 0.3) is 0 Å². The van der Waals surface area contributed by atoms with E-state index in [4.69, 9.17) is 0 Å². The lowest BCUT2D eigenvalue weighted by Gasteiger charge is -2.33. The number of aryl methyl sites for hydroxylation is 2. The Morgan fingerprint density at radius 1 is 1.10 bits per heavy atom. The van der Waals surface area contributed by atoms with E-state index in [1.54, 1.807) is 11.0 Å². The topological polar surface area (TPSA) is 75.4 Å². The Kier molecular flexibility index (Phi) is 4.92. The van der Waals surface area contributed by atoms with Gasteiger partial charge in [-0.25, -0.2) is 0 Å². The molecular weight excluding hydrogens is 366 g/mol. The summed E-state index contributed by atoms with van der Waals surface area (Å²) in [6.45, 7) is 5.14. The van der Waals surface area contributed by atoms with E-state index in [0.717, 1.165) is 28.1 Å². The number of amides is 1. The Balaban J connectivity index is 1.58. The molecule has 0 bridgehead atoms. The number of benzene rings is 2. The summed E-state index contributed by atoms with van der Waals surface area (Å²) >= 11 is 0. The van der Waals surface area contributed by atoms with Crippen LogP contribution in [0.3, 0.4) is 0 Å². The minimum absolute atomic E-state index is 0.152. The molecular formula is C23H23N3O3. The highest BCUT2D eigenvalue weighted by molar-refractivity contribution is 5.95. The van der Waals surface area contributed by atoms with Crippen molar-refractivity contribution in [3.05, 3.63) is 88.2 Å². The van der Waals surface area contributed by atoms with Crippen molar-refractivity contribution in [2.75, 3.05) is 6.54 Å². The molecule has 1 N–H and O–H groups in total. The summed E-state index contributed by atoms with van der Waals surface area (Å²) in [6, 6.07) is 17.0. The molecule has 2 aromatic carbocycles. The maximum atomic E-state index is 13.2. The van der Waals surface area contributed by atoms with Crippen LogP contribution in [-0.2, 0) is 17.9 Å². The molecule has 2 heterocycles. The van der Waals surface area contributed by atoms with Crippen LogP contribution in [0.1, 0.15) is 44.4 Å². The fourth-order valence-corrected chi connectivity index (χ4v) is 3.97. The molecule has 0 aliphatic carbocycles. The van der Waals surface area contributed by atoms with Gasteiger partial charge in [0.1, 0.15) is 0 Å². The Labute approximate surface area is 169 Å². The average molecular weight is 389 g/mol. The summed E-state index contributed by atoms with van der Waals surface area (Å²) in [5.41, 5.74) is 5.25. The molecule has 1 amide bonds. The molecule has 1 unspecified atom stereocenters. The number of hydrogen-bond acceptors (Lipinski definition) is 3. The molecule has 0 radical (unpaired) electrons. The van der Waals surface area contributed by atoms with Gasteiger partial charge in [0, 0.05) is 24.3 Å². The molecule has 1 aromatic heterocycles. The van der Waals surface area contributed by atoms with Gasteiger partial charge in [0.2, 0.25) is 0 Å². The van der Waals surface area contributed by atoms with Gasteiger partial charge < -0.3 is 10.0 Å². The third-order valence-electron chi connectivity index (χ3n) is 5.39. The molecule has 0 saturated carbocycles. The van der Waals surface area contributed by atoms with E-state index in [0.29, 0.717) is 18.7 Å². The molecule has 29 heavy (non-hydrogen) atoms. The minimum Gasteiger partial charge on any atom is -0.481 e. The minimum atomic E-state index is -0.909. The van der Waals surface area contributed by atoms with Gasteiger partial charge in [-0.3, -0.25) is 14.3 Å². The first-order valence-electron chi connectivity index (χ1n) is 9.62. The Morgan fingerprint density at radius 2 is 1.90 bits per heavy atom. The van der Waals surface area contributed by atoms with Crippen LogP contribution in [0, 0.1) is 13.8 Å². The normalized spacial score (nSPS) is 15.8. The van der Waals surface area contributed by atoms with Gasteiger partial charge in [-0.05, 0) is 48.7 Å². The Bertz CT molecular complexity index is 1090. The second-order valence-electron chi connectivity index (χ2n) is 7.56. The fourth-order valence-electron chi connectivity index (χ4n) is 3.97. The summed E-state index contributed by atoms with van der Waals surface area (Å²) < 4.78 is 1.91. The maximum Gasteiger partial charge on any atom is 0.312 e. The number of rotatable bonds is 4. The Morgan fingerprint density at radius 3 is 2.62 bits per heavy atom. The lowest BCUT2D eigenvalue weighted by atomic mass is 9.89. The highest BCUT2D eigenvalue weighted by Gasteiger charge is 2.32. The molecule has 4 rings (SSSR count). The molecule has 3 aromatic rings. The number of carboxylic acid groups (broad SMARTS) is 1. The number of carbonyl (C=O) groups excluding carboxylic acids is 1. The third kappa shape index (κ3) is 3.78. The fraction of sp³-hybridized carbons (Fsp3) is 0.261. The van der Waals surface area contributed by atoms with Crippen LogP contribution in [0.15, 0.2) is 54.6 Å². The molecule has 1 aliphatic rings. The number of carbonyl (C=O) groups is 2. The second kappa shape index (κ2) is 7.54. The van der Waals surface area contributed by atoms with Gasteiger partial charge in [-0.15, -0.1) is 0 Å². The summed E-state index contributed by atoms with van der Waals surface area (Å²) in [6.07, 6.45) is 0. The second-order valence-corrected chi connectivity index (χ2v) is 7.56. The van der Waals surface area contributed by atoms with Crippen molar-refractivity contribution < 1.29 is 14.7 Å². The van der Waals surface area contributed by atoms with E-state index in [9.17, 15) is 14.7 Å². The number of carboxylic acids is 1.